The number of thiophene rings is 1. The molecule has 96 valence electrons. The molecule has 0 saturated carbocycles. The van der Waals surface area contributed by atoms with Crippen molar-refractivity contribution in [3.05, 3.63) is 52.5 Å². The van der Waals surface area contributed by atoms with Gasteiger partial charge >= 0.3 is 0 Å². The minimum atomic E-state index is 0.476. The second-order valence-electron chi connectivity index (χ2n) is 4.46. The van der Waals surface area contributed by atoms with Crippen LogP contribution >= 0.6 is 11.3 Å². The van der Waals surface area contributed by atoms with Crippen molar-refractivity contribution in [3.8, 4) is 0 Å². The number of nitrogens with one attached hydrogen (secondary N) is 1. The molecule has 18 heavy (non-hydrogen) atoms. The van der Waals surface area contributed by atoms with Crippen molar-refractivity contribution in [1.82, 2.24) is 10.3 Å². The Kier molecular flexibility index (Phi) is 5.36. The fourth-order valence-corrected chi connectivity index (χ4v) is 2.75. The maximum atomic E-state index is 4.06. The van der Waals surface area contributed by atoms with E-state index in [9.17, 15) is 0 Å². The van der Waals surface area contributed by atoms with Crippen LogP contribution in [-0.2, 0) is 6.42 Å². The van der Waals surface area contributed by atoms with Crippen molar-refractivity contribution >= 4 is 11.3 Å². The molecule has 2 aromatic rings. The Morgan fingerprint density at radius 3 is 2.78 bits per heavy atom. The summed E-state index contributed by atoms with van der Waals surface area (Å²) in [5.41, 5.74) is 2.78. The van der Waals surface area contributed by atoms with Gasteiger partial charge in [-0.25, -0.2) is 0 Å². The van der Waals surface area contributed by atoms with Crippen molar-refractivity contribution in [2.24, 2.45) is 0 Å². The molecule has 1 atom stereocenters. The molecule has 0 radical (unpaired) electrons. The molecule has 0 aliphatic carbocycles. The van der Waals surface area contributed by atoms with Crippen molar-refractivity contribution in [2.45, 2.75) is 32.2 Å². The maximum absolute atomic E-state index is 4.06. The van der Waals surface area contributed by atoms with Crippen LogP contribution in [-0.4, -0.2) is 11.5 Å². The van der Waals surface area contributed by atoms with Gasteiger partial charge in [0.05, 0.1) is 0 Å². The molecule has 0 aliphatic rings. The predicted octanol–water partition coefficient (Wildman–Crippen LogP) is 3.82. The lowest BCUT2D eigenvalue weighted by Gasteiger charge is -2.17. The third-order valence-electron chi connectivity index (χ3n) is 3.06. The molecule has 2 nitrogen and oxygen atoms in total. The highest BCUT2D eigenvalue weighted by atomic mass is 32.1. The van der Waals surface area contributed by atoms with E-state index in [1.807, 2.05) is 12.4 Å². The van der Waals surface area contributed by atoms with E-state index in [1.165, 1.54) is 17.5 Å². The van der Waals surface area contributed by atoms with Crippen molar-refractivity contribution < 1.29 is 0 Å². The Hall–Kier alpha value is -1.19. The van der Waals surface area contributed by atoms with Gasteiger partial charge in [-0.15, -0.1) is 0 Å². The van der Waals surface area contributed by atoms with Crippen LogP contribution in [0.2, 0.25) is 0 Å². The quantitative estimate of drug-likeness (QED) is 0.818. The maximum Gasteiger partial charge on any atom is 0.0331 e. The van der Waals surface area contributed by atoms with E-state index in [-0.39, 0.29) is 0 Å². The second kappa shape index (κ2) is 7.29. The summed E-state index contributed by atoms with van der Waals surface area (Å²) in [6, 6.07) is 6.91. The van der Waals surface area contributed by atoms with Gasteiger partial charge in [0.25, 0.3) is 0 Å². The van der Waals surface area contributed by atoms with E-state index in [2.05, 4.69) is 46.2 Å². The third kappa shape index (κ3) is 3.93. The molecule has 1 unspecified atom stereocenters. The summed E-state index contributed by atoms with van der Waals surface area (Å²) < 4.78 is 0. The minimum Gasteiger partial charge on any atom is -0.310 e. The molecule has 1 N–H and O–H groups in total. The third-order valence-corrected chi connectivity index (χ3v) is 3.76. The topological polar surface area (TPSA) is 24.9 Å². The van der Waals surface area contributed by atoms with Gasteiger partial charge in [-0.3, -0.25) is 4.98 Å². The van der Waals surface area contributed by atoms with Gasteiger partial charge in [-0.2, -0.15) is 11.3 Å². The molecule has 2 rings (SSSR count). The molecular formula is C15H20N2S. The molecule has 2 aromatic heterocycles. The van der Waals surface area contributed by atoms with Gasteiger partial charge in [-0.1, -0.05) is 6.92 Å². The van der Waals surface area contributed by atoms with Crippen LogP contribution in [0.1, 0.15) is 36.9 Å². The van der Waals surface area contributed by atoms with E-state index < -0.39 is 0 Å². The highest BCUT2D eigenvalue weighted by molar-refractivity contribution is 7.07. The standard InChI is InChI=1S/C15H20N2S/c1-2-8-17-15(14-7-11-18-12-14)4-3-13-5-9-16-10-6-13/h5-7,9-12,15,17H,2-4,8H2,1H3. The Labute approximate surface area is 113 Å². The second-order valence-corrected chi connectivity index (χ2v) is 5.24. The molecule has 0 aliphatic heterocycles. The van der Waals surface area contributed by atoms with Gasteiger partial charge < -0.3 is 5.32 Å². The molecule has 0 saturated heterocycles. The van der Waals surface area contributed by atoms with E-state index >= 15 is 0 Å². The van der Waals surface area contributed by atoms with Crippen LogP contribution in [0, 0.1) is 0 Å². The lowest BCUT2D eigenvalue weighted by molar-refractivity contribution is 0.500. The first kappa shape index (κ1) is 13.2. The van der Waals surface area contributed by atoms with Crippen molar-refractivity contribution in [3.63, 3.8) is 0 Å². The van der Waals surface area contributed by atoms with Crippen LogP contribution in [0.15, 0.2) is 41.4 Å². The Bertz CT molecular complexity index is 425. The number of hydrogen-bond acceptors (Lipinski definition) is 3. The van der Waals surface area contributed by atoms with Crippen LogP contribution in [0.25, 0.3) is 0 Å². The predicted molar refractivity (Wildman–Crippen MR) is 77.9 cm³/mol. The first-order valence-electron chi connectivity index (χ1n) is 6.54. The van der Waals surface area contributed by atoms with Crippen LogP contribution < -0.4 is 5.32 Å². The Morgan fingerprint density at radius 1 is 1.28 bits per heavy atom. The zero-order valence-corrected chi connectivity index (χ0v) is 11.6. The van der Waals surface area contributed by atoms with E-state index in [1.54, 1.807) is 11.3 Å². The normalized spacial score (nSPS) is 12.5. The monoisotopic (exact) mass is 260 g/mol. The molecule has 3 heteroatoms. The highest BCUT2D eigenvalue weighted by Crippen LogP contribution is 2.21. The highest BCUT2D eigenvalue weighted by Gasteiger charge is 2.10. The SMILES string of the molecule is CCCNC(CCc1ccncc1)c1ccsc1. The van der Waals surface area contributed by atoms with Gasteiger partial charge in [0.2, 0.25) is 0 Å². The van der Waals surface area contributed by atoms with Crippen LogP contribution in [0.5, 0.6) is 0 Å². The summed E-state index contributed by atoms with van der Waals surface area (Å²) >= 11 is 1.77. The number of rotatable bonds is 7. The van der Waals surface area contributed by atoms with Crippen molar-refractivity contribution in [1.29, 1.82) is 0 Å². The van der Waals surface area contributed by atoms with Crippen LogP contribution in [0.4, 0.5) is 0 Å². The lowest BCUT2D eigenvalue weighted by Crippen LogP contribution is -2.22. The Morgan fingerprint density at radius 2 is 2.11 bits per heavy atom. The van der Waals surface area contributed by atoms with Crippen LogP contribution in [0.3, 0.4) is 0 Å². The average Bonchev–Trinajstić information content (AvgIpc) is 2.94. The van der Waals surface area contributed by atoms with E-state index in [0.29, 0.717) is 6.04 Å². The first-order valence-corrected chi connectivity index (χ1v) is 7.49. The Balaban J connectivity index is 1.93. The zero-order chi connectivity index (χ0) is 12.6. The molecule has 0 amide bonds. The summed E-state index contributed by atoms with van der Waals surface area (Å²) in [5, 5.41) is 8.04. The number of pyridine rings is 1. The molecule has 0 spiro atoms. The minimum absolute atomic E-state index is 0.476. The lowest BCUT2D eigenvalue weighted by atomic mass is 10.0. The summed E-state index contributed by atoms with van der Waals surface area (Å²) in [6.45, 7) is 3.29. The van der Waals surface area contributed by atoms with Gasteiger partial charge in [0.1, 0.15) is 0 Å². The largest absolute Gasteiger partial charge is 0.310 e. The zero-order valence-electron chi connectivity index (χ0n) is 10.8. The molecule has 0 aromatic carbocycles. The van der Waals surface area contributed by atoms with Gasteiger partial charge in [0, 0.05) is 18.4 Å². The first-order chi connectivity index (χ1) is 8.90. The molecule has 0 bridgehead atoms. The fraction of sp³-hybridized carbons (Fsp3) is 0.400. The number of aromatic nitrogens is 1. The molecular weight excluding hydrogens is 240 g/mol. The van der Waals surface area contributed by atoms with Crippen molar-refractivity contribution in [2.75, 3.05) is 6.54 Å². The van der Waals surface area contributed by atoms with Gasteiger partial charge in [0.15, 0.2) is 0 Å². The summed E-state index contributed by atoms with van der Waals surface area (Å²) in [7, 11) is 0. The summed E-state index contributed by atoms with van der Waals surface area (Å²) in [6.07, 6.45) is 7.15. The molecule has 2 heterocycles. The van der Waals surface area contributed by atoms with E-state index in [4.69, 9.17) is 0 Å². The van der Waals surface area contributed by atoms with Gasteiger partial charge in [-0.05, 0) is 65.9 Å². The average molecular weight is 260 g/mol. The number of aryl methyl sites for hydroxylation is 1. The fourth-order valence-electron chi connectivity index (χ4n) is 2.04. The number of hydrogen-bond donors (Lipinski definition) is 1. The van der Waals surface area contributed by atoms with E-state index in [0.717, 1.165) is 19.4 Å². The smallest absolute Gasteiger partial charge is 0.0331 e. The molecule has 0 fully saturated rings. The summed E-state index contributed by atoms with van der Waals surface area (Å²) in [4.78, 5) is 4.06. The summed E-state index contributed by atoms with van der Waals surface area (Å²) in [5.74, 6) is 0. The number of nitrogens with zero attached hydrogens (tertiary/aromatic N) is 1.